The quantitative estimate of drug-likeness (QED) is 0.299. The molecule has 0 saturated heterocycles. The van der Waals surface area contributed by atoms with E-state index in [0.29, 0.717) is 34.2 Å². The second-order valence-electron chi connectivity index (χ2n) is 9.41. The van der Waals surface area contributed by atoms with E-state index in [1.165, 1.54) is 6.42 Å². The number of anilines is 1. The maximum Gasteiger partial charge on any atom is 0.414 e. The number of carbonyl (C=O) groups is 3. The number of amides is 1. The Labute approximate surface area is 225 Å². The highest BCUT2D eigenvalue weighted by Crippen LogP contribution is 2.42. The van der Waals surface area contributed by atoms with Crippen molar-refractivity contribution in [2.45, 2.75) is 45.6 Å². The molecule has 0 spiro atoms. The van der Waals surface area contributed by atoms with Gasteiger partial charge in [-0.05, 0) is 48.9 Å². The summed E-state index contributed by atoms with van der Waals surface area (Å²) < 4.78 is 11.0. The van der Waals surface area contributed by atoms with Crippen LogP contribution in [0.1, 0.15) is 52.9 Å². The average molecular weight is 538 g/mol. The van der Waals surface area contributed by atoms with Gasteiger partial charge in [-0.2, -0.15) is 0 Å². The second kappa shape index (κ2) is 12.6. The Morgan fingerprint density at radius 3 is 2.42 bits per heavy atom. The largest absolute Gasteiger partial charge is 0.480 e. The third-order valence-corrected chi connectivity index (χ3v) is 7.95. The molecule has 1 fully saturated rings. The first-order valence-electron chi connectivity index (χ1n) is 12.6. The number of carbonyl (C=O) groups excluding carboxylic acids is 1. The third-order valence-electron chi connectivity index (χ3n) is 6.64. The number of nitrogens with zero attached hydrogens (tertiary/aromatic N) is 1. The van der Waals surface area contributed by atoms with Crippen molar-refractivity contribution >= 4 is 35.1 Å². The van der Waals surface area contributed by atoms with E-state index in [2.05, 4.69) is 0 Å². The van der Waals surface area contributed by atoms with E-state index in [4.69, 9.17) is 14.6 Å². The van der Waals surface area contributed by atoms with E-state index >= 15 is 0 Å². The summed E-state index contributed by atoms with van der Waals surface area (Å²) in [5.74, 6) is -1.96. The lowest BCUT2D eigenvalue weighted by atomic mass is 9.89. The van der Waals surface area contributed by atoms with Crippen LogP contribution in [0.4, 0.5) is 10.5 Å². The number of carboxylic acids is 2. The molecule has 1 amide bonds. The fraction of sp³-hybridized carbons (Fsp3) is 0.345. The van der Waals surface area contributed by atoms with Crippen molar-refractivity contribution < 1.29 is 34.1 Å². The standard InChI is InChI=1S/C29H31NO7S/c1-19-25(36-18-24(31)32)27(28(33)34)38-26(19)22-13-8-14-23(15-22)30(16-20-9-4-2-5-10-20)29(35)37-17-21-11-6-3-7-12-21/h3,6-8,11-15,20H,2,4-5,9-10,16-18H2,1H3,(H,31,32)(H,33,34). The monoisotopic (exact) mass is 537 g/mol. The van der Waals surface area contributed by atoms with Crippen LogP contribution in [0.3, 0.4) is 0 Å². The molecule has 0 aliphatic heterocycles. The normalized spacial score (nSPS) is 13.6. The van der Waals surface area contributed by atoms with Crippen molar-refractivity contribution in [2.75, 3.05) is 18.1 Å². The second-order valence-corrected chi connectivity index (χ2v) is 10.4. The van der Waals surface area contributed by atoms with Crippen LogP contribution in [0.25, 0.3) is 10.4 Å². The Morgan fingerprint density at radius 2 is 1.74 bits per heavy atom. The molecule has 2 N–H and O–H groups in total. The first kappa shape index (κ1) is 27.2. The van der Waals surface area contributed by atoms with Gasteiger partial charge in [-0.15, -0.1) is 11.3 Å². The molecule has 0 atom stereocenters. The summed E-state index contributed by atoms with van der Waals surface area (Å²) in [6.45, 7) is 1.76. The van der Waals surface area contributed by atoms with Crippen LogP contribution < -0.4 is 9.64 Å². The van der Waals surface area contributed by atoms with E-state index in [9.17, 15) is 19.5 Å². The van der Waals surface area contributed by atoms with Gasteiger partial charge in [-0.1, -0.05) is 61.7 Å². The number of hydrogen-bond donors (Lipinski definition) is 2. The minimum absolute atomic E-state index is 0.0478. The molecule has 0 radical (unpaired) electrons. The Hall–Kier alpha value is -3.85. The number of rotatable bonds is 10. The van der Waals surface area contributed by atoms with Crippen LogP contribution in [0, 0.1) is 12.8 Å². The van der Waals surface area contributed by atoms with Crippen LogP contribution in [0.2, 0.25) is 0 Å². The summed E-state index contributed by atoms with van der Waals surface area (Å²) in [5, 5.41) is 18.7. The summed E-state index contributed by atoms with van der Waals surface area (Å²) >= 11 is 1.02. The van der Waals surface area contributed by atoms with E-state index in [0.717, 1.165) is 42.6 Å². The van der Waals surface area contributed by atoms with Crippen LogP contribution in [-0.4, -0.2) is 41.4 Å². The van der Waals surface area contributed by atoms with Crippen molar-refractivity contribution in [1.82, 2.24) is 0 Å². The van der Waals surface area contributed by atoms with Crippen molar-refractivity contribution in [3.05, 3.63) is 70.6 Å². The summed E-state index contributed by atoms with van der Waals surface area (Å²) in [5.41, 5.74) is 2.80. The molecule has 1 saturated carbocycles. The Balaban J connectivity index is 1.64. The molecule has 0 bridgehead atoms. The zero-order chi connectivity index (χ0) is 27.1. The average Bonchev–Trinajstić information content (AvgIpc) is 3.26. The van der Waals surface area contributed by atoms with Gasteiger partial charge in [-0.3, -0.25) is 4.90 Å². The minimum atomic E-state index is -1.19. The van der Waals surface area contributed by atoms with E-state index < -0.39 is 24.6 Å². The van der Waals surface area contributed by atoms with Crippen molar-refractivity contribution in [3.8, 4) is 16.2 Å². The van der Waals surface area contributed by atoms with Gasteiger partial charge in [0, 0.05) is 22.7 Å². The van der Waals surface area contributed by atoms with Crippen LogP contribution in [0.5, 0.6) is 5.75 Å². The highest BCUT2D eigenvalue weighted by atomic mass is 32.1. The molecular formula is C29H31NO7S. The molecule has 38 heavy (non-hydrogen) atoms. The van der Waals surface area contributed by atoms with Crippen molar-refractivity contribution in [3.63, 3.8) is 0 Å². The zero-order valence-electron chi connectivity index (χ0n) is 21.2. The van der Waals surface area contributed by atoms with Crippen molar-refractivity contribution in [2.24, 2.45) is 5.92 Å². The fourth-order valence-electron chi connectivity index (χ4n) is 4.75. The van der Waals surface area contributed by atoms with Gasteiger partial charge in [0.1, 0.15) is 12.4 Å². The molecule has 1 aromatic heterocycles. The minimum Gasteiger partial charge on any atom is -0.480 e. The van der Waals surface area contributed by atoms with E-state index in [-0.39, 0.29) is 17.2 Å². The molecule has 9 heteroatoms. The Kier molecular flexibility index (Phi) is 9.02. The molecule has 2 aromatic carbocycles. The number of thiophene rings is 1. The lowest BCUT2D eigenvalue weighted by Gasteiger charge is -2.29. The van der Waals surface area contributed by atoms with Crippen LogP contribution >= 0.6 is 11.3 Å². The molecule has 1 aliphatic rings. The Bertz CT molecular complexity index is 1280. The predicted octanol–water partition coefficient (Wildman–Crippen LogP) is 6.61. The summed E-state index contributed by atoms with van der Waals surface area (Å²) in [6, 6.07) is 16.9. The van der Waals surface area contributed by atoms with Crippen LogP contribution in [0.15, 0.2) is 54.6 Å². The van der Waals surface area contributed by atoms with E-state index in [1.54, 1.807) is 11.8 Å². The zero-order valence-corrected chi connectivity index (χ0v) is 22.0. The number of aromatic carboxylic acids is 1. The number of benzene rings is 2. The van der Waals surface area contributed by atoms with Gasteiger partial charge in [0.15, 0.2) is 11.5 Å². The molecular weight excluding hydrogens is 506 g/mol. The first-order valence-corrected chi connectivity index (χ1v) is 13.4. The lowest BCUT2D eigenvalue weighted by Crippen LogP contribution is -2.36. The molecule has 4 rings (SSSR count). The predicted molar refractivity (Wildman–Crippen MR) is 145 cm³/mol. The summed E-state index contributed by atoms with van der Waals surface area (Å²) in [7, 11) is 0. The Morgan fingerprint density at radius 1 is 1.00 bits per heavy atom. The molecule has 0 unspecified atom stereocenters. The fourth-order valence-corrected chi connectivity index (χ4v) is 5.83. The van der Waals surface area contributed by atoms with Gasteiger partial charge >= 0.3 is 18.0 Å². The van der Waals surface area contributed by atoms with Gasteiger partial charge in [-0.25, -0.2) is 14.4 Å². The number of carboxylic acid groups (broad SMARTS) is 2. The summed E-state index contributed by atoms with van der Waals surface area (Å²) in [4.78, 5) is 38.5. The molecule has 1 aliphatic carbocycles. The van der Waals surface area contributed by atoms with Gasteiger partial charge in [0.2, 0.25) is 0 Å². The third kappa shape index (κ3) is 6.72. The van der Waals surface area contributed by atoms with Gasteiger partial charge < -0.3 is 19.7 Å². The topological polar surface area (TPSA) is 113 Å². The van der Waals surface area contributed by atoms with E-state index in [1.807, 2.05) is 54.6 Å². The van der Waals surface area contributed by atoms with Gasteiger partial charge in [0.05, 0.1) is 0 Å². The molecule has 200 valence electrons. The molecule has 8 nitrogen and oxygen atoms in total. The first-order chi connectivity index (χ1) is 18.3. The molecule has 3 aromatic rings. The number of hydrogen-bond acceptors (Lipinski definition) is 6. The van der Waals surface area contributed by atoms with Crippen LogP contribution in [-0.2, 0) is 16.1 Å². The van der Waals surface area contributed by atoms with Crippen molar-refractivity contribution in [1.29, 1.82) is 0 Å². The molecule has 1 heterocycles. The number of aliphatic carboxylic acids is 1. The van der Waals surface area contributed by atoms with Gasteiger partial charge in [0.25, 0.3) is 0 Å². The highest BCUT2D eigenvalue weighted by Gasteiger charge is 2.26. The number of ether oxygens (including phenoxy) is 2. The summed E-state index contributed by atoms with van der Waals surface area (Å²) in [6.07, 6.45) is 5.17. The maximum atomic E-state index is 13.4. The highest BCUT2D eigenvalue weighted by molar-refractivity contribution is 7.18. The SMILES string of the molecule is Cc1c(-c2cccc(N(CC3CCCCC3)C(=O)OCc3ccccc3)c2)sc(C(=O)O)c1OCC(=O)O. The maximum absolute atomic E-state index is 13.4. The lowest BCUT2D eigenvalue weighted by molar-refractivity contribution is -0.139. The smallest absolute Gasteiger partial charge is 0.414 e.